The Bertz CT molecular complexity index is 443. The molecule has 0 aliphatic carbocycles. The largest absolute Gasteiger partial charge is 0.328 e. The standard InChI is InChI=1S/C13H16F2N2O/c14-11-3-1-2-10(13(11)15)12(18)8-17-6-4-9(16)5-7-17/h1-3,9H,4-8,16H2. The van der Waals surface area contributed by atoms with Gasteiger partial charge in [0.05, 0.1) is 12.1 Å². The third-order valence-electron chi connectivity index (χ3n) is 3.25. The van der Waals surface area contributed by atoms with E-state index >= 15 is 0 Å². The Hall–Kier alpha value is -1.33. The number of benzene rings is 1. The summed E-state index contributed by atoms with van der Waals surface area (Å²) in [7, 11) is 0. The van der Waals surface area contributed by atoms with E-state index < -0.39 is 11.6 Å². The van der Waals surface area contributed by atoms with Gasteiger partial charge in [-0.2, -0.15) is 0 Å². The summed E-state index contributed by atoms with van der Waals surface area (Å²) < 4.78 is 26.4. The zero-order valence-electron chi connectivity index (χ0n) is 10.0. The molecule has 1 fully saturated rings. The van der Waals surface area contributed by atoms with E-state index in [1.165, 1.54) is 12.1 Å². The third kappa shape index (κ3) is 2.91. The van der Waals surface area contributed by atoms with E-state index in [-0.39, 0.29) is 23.9 Å². The molecule has 1 aromatic rings. The predicted octanol–water partition coefficient (Wildman–Crippen LogP) is 1.57. The molecule has 0 saturated carbocycles. The van der Waals surface area contributed by atoms with Crippen molar-refractivity contribution in [2.45, 2.75) is 18.9 Å². The van der Waals surface area contributed by atoms with Crippen LogP contribution in [0.1, 0.15) is 23.2 Å². The van der Waals surface area contributed by atoms with E-state index in [1.54, 1.807) is 0 Å². The molecule has 1 aliphatic heterocycles. The van der Waals surface area contributed by atoms with Gasteiger partial charge in [-0.15, -0.1) is 0 Å². The van der Waals surface area contributed by atoms with Gasteiger partial charge >= 0.3 is 0 Å². The monoisotopic (exact) mass is 254 g/mol. The molecule has 0 bridgehead atoms. The molecule has 1 aliphatic rings. The Morgan fingerprint density at radius 1 is 1.33 bits per heavy atom. The van der Waals surface area contributed by atoms with Gasteiger partial charge in [0.1, 0.15) is 0 Å². The molecule has 0 aromatic heterocycles. The minimum atomic E-state index is -1.06. The van der Waals surface area contributed by atoms with Crippen molar-refractivity contribution in [2.75, 3.05) is 19.6 Å². The molecule has 0 amide bonds. The number of halogens is 2. The molecule has 2 N–H and O–H groups in total. The van der Waals surface area contributed by atoms with Crippen LogP contribution in [0.5, 0.6) is 0 Å². The number of likely N-dealkylation sites (tertiary alicyclic amines) is 1. The second-order valence-electron chi connectivity index (χ2n) is 4.64. The van der Waals surface area contributed by atoms with Crippen LogP contribution in [0.4, 0.5) is 8.78 Å². The minimum absolute atomic E-state index is 0.118. The van der Waals surface area contributed by atoms with E-state index in [2.05, 4.69) is 0 Å². The zero-order chi connectivity index (χ0) is 13.1. The summed E-state index contributed by atoms with van der Waals surface area (Å²) in [6, 6.07) is 3.85. The van der Waals surface area contributed by atoms with Gasteiger partial charge in [0.25, 0.3) is 0 Å². The SMILES string of the molecule is NC1CCN(CC(=O)c2cccc(F)c2F)CC1. The van der Waals surface area contributed by atoms with Crippen LogP contribution in [0.3, 0.4) is 0 Å². The molecular weight excluding hydrogens is 238 g/mol. The van der Waals surface area contributed by atoms with Gasteiger partial charge in [0, 0.05) is 19.1 Å². The van der Waals surface area contributed by atoms with Gasteiger partial charge in [0.15, 0.2) is 17.4 Å². The van der Waals surface area contributed by atoms with Gasteiger partial charge in [-0.3, -0.25) is 9.69 Å². The van der Waals surface area contributed by atoms with Crippen LogP contribution in [-0.4, -0.2) is 36.4 Å². The molecule has 5 heteroatoms. The molecule has 98 valence electrons. The molecule has 0 atom stereocenters. The van der Waals surface area contributed by atoms with Gasteiger partial charge in [-0.1, -0.05) is 6.07 Å². The summed E-state index contributed by atoms with van der Waals surface area (Å²) >= 11 is 0. The van der Waals surface area contributed by atoms with Crippen molar-refractivity contribution >= 4 is 5.78 Å². The first kappa shape index (κ1) is 13.1. The number of Topliss-reactive ketones (excluding diaryl/α,β-unsaturated/α-hetero) is 1. The topological polar surface area (TPSA) is 46.3 Å². The number of carbonyl (C=O) groups excluding carboxylic acids is 1. The number of nitrogens with zero attached hydrogens (tertiary/aromatic N) is 1. The number of hydrogen-bond donors (Lipinski definition) is 1. The van der Waals surface area contributed by atoms with Crippen molar-refractivity contribution < 1.29 is 13.6 Å². The Morgan fingerprint density at radius 3 is 2.67 bits per heavy atom. The van der Waals surface area contributed by atoms with E-state index in [0.29, 0.717) is 0 Å². The quantitative estimate of drug-likeness (QED) is 0.833. The van der Waals surface area contributed by atoms with Gasteiger partial charge < -0.3 is 5.73 Å². The first-order valence-electron chi connectivity index (χ1n) is 6.03. The van der Waals surface area contributed by atoms with Crippen LogP contribution in [0.2, 0.25) is 0 Å². The highest BCUT2D eigenvalue weighted by molar-refractivity contribution is 5.97. The smallest absolute Gasteiger partial charge is 0.179 e. The van der Waals surface area contributed by atoms with Crippen molar-refractivity contribution in [2.24, 2.45) is 5.73 Å². The first-order chi connectivity index (χ1) is 8.58. The Morgan fingerprint density at radius 2 is 2.00 bits per heavy atom. The minimum Gasteiger partial charge on any atom is -0.328 e. The molecular formula is C13H16F2N2O. The molecule has 0 radical (unpaired) electrons. The lowest BCUT2D eigenvalue weighted by molar-refractivity contribution is 0.0905. The fourth-order valence-electron chi connectivity index (χ4n) is 2.12. The second-order valence-corrected chi connectivity index (χ2v) is 4.64. The fraction of sp³-hybridized carbons (Fsp3) is 0.462. The molecule has 1 saturated heterocycles. The number of ketones is 1. The first-order valence-corrected chi connectivity index (χ1v) is 6.03. The summed E-state index contributed by atoms with van der Waals surface area (Å²) in [6.45, 7) is 1.57. The highest BCUT2D eigenvalue weighted by Crippen LogP contribution is 2.14. The summed E-state index contributed by atoms with van der Waals surface area (Å²) in [5.41, 5.74) is 5.59. The van der Waals surface area contributed by atoms with Crippen molar-refractivity contribution in [1.82, 2.24) is 4.90 Å². The summed E-state index contributed by atoms with van der Waals surface area (Å²) in [4.78, 5) is 13.8. The fourth-order valence-corrected chi connectivity index (χ4v) is 2.12. The predicted molar refractivity (Wildman–Crippen MR) is 64.3 cm³/mol. The average molecular weight is 254 g/mol. The van der Waals surface area contributed by atoms with Crippen LogP contribution in [0.15, 0.2) is 18.2 Å². The van der Waals surface area contributed by atoms with Crippen LogP contribution in [0.25, 0.3) is 0 Å². The highest BCUT2D eigenvalue weighted by Gasteiger charge is 2.21. The maximum absolute atomic E-state index is 13.4. The van der Waals surface area contributed by atoms with Crippen molar-refractivity contribution in [3.63, 3.8) is 0 Å². The highest BCUT2D eigenvalue weighted by atomic mass is 19.2. The van der Waals surface area contributed by atoms with Gasteiger partial charge in [0.2, 0.25) is 0 Å². The summed E-state index contributed by atoms with van der Waals surface area (Å²) in [5, 5.41) is 0. The number of hydrogen-bond acceptors (Lipinski definition) is 3. The van der Waals surface area contributed by atoms with Crippen LogP contribution in [-0.2, 0) is 0 Å². The van der Waals surface area contributed by atoms with E-state index in [1.807, 2.05) is 4.90 Å². The molecule has 0 unspecified atom stereocenters. The lowest BCUT2D eigenvalue weighted by atomic mass is 10.0. The van der Waals surface area contributed by atoms with Crippen molar-refractivity contribution in [3.8, 4) is 0 Å². The lowest BCUT2D eigenvalue weighted by Crippen LogP contribution is -2.42. The van der Waals surface area contributed by atoms with Gasteiger partial charge in [-0.25, -0.2) is 8.78 Å². The van der Waals surface area contributed by atoms with E-state index in [0.717, 1.165) is 32.0 Å². The molecule has 3 nitrogen and oxygen atoms in total. The van der Waals surface area contributed by atoms with Crippen LogP contribution >= 0.6 is 0 Å². The van der Waals surface area contributed by atoms with Gasteiger partial charge in [-0.05, 0) is 25.0 Å². The molecule has 2 rings (SSSR count). The Kier molecular flexibility index (Phi) is 4.04. The number of rotatable bonds is 3. The third-order valence-corrected chi connectivity index (χ3v) is 3.25. The zero-order valence-corrected chi connectivity index (χ0v) is 10.0. The van der Waals surface area contributed by atoms with E-state index in [9.17, 15) is 13.6 Å². The maximum atomic E-state index is 13.4. The second kappa shape index (κ2) is 5.54. The average Bonchev–Trinajstić information content (AvgIpc) is 2.35. The van der Waals surface area contributed by atoms with Crippen molar-refractivity contribution in [1.29, 1.82) is 0 Å². The van der Waals surface area contributed by atoms with Crippen LogP contribution in [0, 0.1) is 11.6 Å². The number of carbonyl (C=O) groups is 1. The van der Waals surface area contributed by atoms with Crippen LogP contribution < -0.4 is 5.73 Å². The Labute approximate surface area is 105 Å². The lowest BCUT2D eigenvalue weighted by Gasteiger charge is -2.29. The summed E-state index contributed by atoms with van der Waals surface area (Å²) in [6.07, 6.45) is 1.66. The van der Waals surface area contributed by atoms with E-state index in [4.69, 9.17) is 5.73 Å². The maximum Gasteiger partial charge on any atom is 0.179 e. The number of piperidine rings is 1. The van der Waals surface area contributed by atoms with Crippen molar-refractivity contribution in [3.05, 3.63) is 35.4 Å². The molecule has 1 heterocycles. The molecule has 0 spiro atoms. The molecule has 18 heavy (non-hydrogen) atoms. The molecule has 1 aromatic carbocycles. The summed E-state index contributed by atoms with van der Waals surface area (Å²) in [5.74, 6) is -2.43. The normalized spacial score (nSPS) is 17.9. The number of nitrogens with two attached hydrogens (primary N) is 1. The Balaban J connectivity index is 2.01.